The third-order valence-electron chi connectivity index (χ3n) is 4.39. The van der Waals surface area contributed by atoms with E-state index >= 15 is 0 Å². The molecule has 3 N–H and O–H groups in total. The average molecular weight is 500 g/mol. The third kappa shape index (κ3) is 6.65. The summed E-state index contributed by atoms with van der Waals surface area (Å²) in [6, 6.07) is 12.4. The number of anilines is 1. The number of thiophene rings is 1. The molecular weight excluding hydrogens is 471 g/mol. The Morgan fingerprint density at radius 2 is 1.93 bits per heavy atom. The molecule has 0 spiro atoms. The van der Waals surface area contributed by atoms with Crippen molar-refractivity contribution in [3.05, 3.63) is 46.7 Å². The van der Waals surface area contributed by atoms with Crippen LogP contribution in [0.25, 0.3) is 0 Å². The molecule has 1 unspecified atom stereocenters. The van der Waals surface area contributed by atoms with E-state index in [4.69, 9.17) is 10.5 Å². The fraction of sp³-hybridized carbons (Fsp3) is 0.450. The molecule has 5 nitrogen and oxygen atoms in total. The van der Waals surface area contributed by atoms with Crippen LogP contribution >= 0.6 is 35.3 Å². The van der Waals surface area contributed by atoms with E-state index in [1.165, 1.54) is 17.7 Å². The number of benzene rings is 1. The van der Waals surface area contributed by atoms with E-state index < -0.39 is 0 Å². The summed E-state index contributed by atoms with van der Waals surface area (Å²) in [5.41, 5.74) is 7.03. The molecule has 148 valence electrons. The number of hydrogen-bond donors (Lipinski definition) is 2. The second kappa shape index (κ2) is 10.9. The number of nitrogens with one attached hydrogen (secondary N) is 1. The standard InChI is InChI=1S/C20H28N4OS.HI/c1-15(2)25-17-9-7-16(8-10-17)23-20(21)22-14-18(19-6-5-13-26-19)24-11-3-4-12-24;/h5-10,13,15,18H,3-4,11-12,14H2,1-2H3,(H3,21,22,23);1H. The number of ether oxygens (including phenoxy) is 1. The fourth-order valence-corrected chi connectivity index (χ4v) is 4.03. The van der Waals surface area contributed by atoms with Crippen LogP contribution < -0.4 is 15.8 Å². The summed E-state index contributed by atoms with van der Waals surface area (Å²) in [6.07, 6.45) is 2.70. The second-order valence-corrected chi connectivity index (χ2v) is 7.80. The maximum atomic E-state index is 6.12. The van der Waals surface area contributed by atoms with Gasteiger partial charge in [0, 0.05) is 10.6 Å². The maximum Gasteiger partial charge on any atom is 0.193 e. The minimum Gasteiger partial charge on any atom is -0.491 e. The highest BCUT2D eigenvalue weighted by Crippen LogP contribution is 2.28. The molecule has 27 heavy (non-hydrogen) atoms. The van der Waals surface area contributed by atoms with Gasteiger partial charge in [0.1, 0.15) is 5.75 Å². The first-order chi connectivity index (χ1) is 12.6. The topological polar surface area (TPSA) is 62.9 Å². The van der Waals surface area contributed by atoms with E-state index in [0.717, 1.165) is 24.5 Å². The summed E-state index contributed by atoms with van der Waals surface area (Å²) in [5.74, 6) is 1.30. The molecule has 2 heterocycles. The van der Waals surface area contributed by atoms with E-state index in [1.54, 1.807) is 11.3 Å². The van der Waals surface area contributed by atoms with Crippen LogP contribution in [0.1, 0.15) is 37.6 Å². The van der Waals surface area contributed by atoms with Crippen LogP contribution in [0.5, 0.6) is 5.75 Å². The van der Waals surface area contributed by atoms with Crippen LogP contribution in [0.2, 0.25) is 0 Å². The lowest BCUT2D eigenvalue weighted by atomic mass is 10.2. The first-order valence-corrected chi connectivity index (χ1v) is 10.1. The molecule has 2 aromatic rings. The highest BCUT2D eigenvalue weighted by molar-refractivity contribution is 14.0. The Bertz CT molecular complexity index is 697. The molecule has 1 fully saturated rings. The number of rotatable bonds is 7. The van der Waals surface area contributed by atoms with Gasteiger partial charge in [0.25, 0.3) is 0 Å². The summed E-state index contributed by atoms with van der Waals surface area (Å²) < 4.78 is 5.66. The van der Waals surface area contributed by atoms with Crippen LogP contribution in [-0.2, 0) is 0 Å². The Kier molecular flexibility index (Phi) is 8.85. The van der Waals surface area contributed by atoms with Gasteiger partial charge in [0.2, 0.25) is 0 Å². The van der Waals surface area contributed by atoms with Gasteiger partial charge in [-0.1, -0.05) is 6.07 Å². The molecule has 1 aliphatic rings. The van der Waals surface area contributed by atoms with Crippen LogP contribution in [0, 0.1) is 0 Å². The summed E-state index contributed by atoms with van der Waals surface area (Å²) >= 11 is 1.79. The molecule has 1 aromatic heterocycles. The first kappa shape index (κ1) is 22.0. The van der Waals surface area contributed by atoms with Gasteiger partial charge in [-0.15, -0.1) is 35.3 Å². The number of halogens is 1. The van der Waals surface area contributed by atoms with Gasteiger partial charge in [-0.3, -0.25) is 9.89 Å². The quantitative estimate of drug-likeness (QED) is 0.328. The molecule has 1 aliphatic heterocycles. The maximum absolute atomic E-state index is 6.12. The minimum atomic E-state index is 0. The third-order valence-corrected chi connectivity index (χ3v) is 5.36. The molecule has 7 heteroatoms. The molecular formula is C20H29IN4OS. The highest BCUT2D eigenvalue weighted by Gasteiger charge is 2.23. The molecule has 3 rings (SSSR count). The van der Waals surface area contributed by atoms with Crippen LogP contribution in [-0.4, -0.2) is 36.6 Å². The molecule has 1 saturated heterocycles. The van der Waals surface area contributed by atoms with Crippen molar-refractivity contribution in [2.24, 2.45) is 10.7 Å². The van der Waals surface area contributed by atoms with Crippen LogP contribution in [0.4, 0.5) is 5.69 Å². The van der Waals surface area contributed by atoms with Gasteiger partial charge in [0.05, 0.1) is 18.7 Å². The Balaban J connectivity index is 0.00000261. The van der Waals surface area contributed by atoms with Crippen LogP contribution in [0.15, 0.2) is 46.8 Å². The lowest BCUT2D eigenvalue weighted by molar-refractivity contribution is 0.242. The smallest absolute Gasteiger partial charge is 0.193 e. The predicted octanol–water partition coefficient (Wildman–Crippen LogP) is 4.72. The Labute approximate surface area is 183 Å². The van der Waals surface area contributed by atoms with Crippen molar-refractivity contribution in [3.8, 4) is 5.75 Å². The van der Waals surface area contributed by atoms with Crippen molar-refractivity contribution in [2.75, 3.05) is 25.0 Å². The number of guanidine groups is 1. The highest BCUT2D eigenvalue weighted by atomic mass is 127. The van der Waals surface area contributed by atoms with E-state index in [0.29, 0.717) is 18.5 Å². The molecule has 1 aromatic carbocycles. The average Bonchev–Trinajstić information content (AvgIpc) is 3.30. The van der Waals surface area contributed by atoms with Crippen molar-refractivity contribution in [1.82, 2.24) is 4.90 Å². The minimum absolute atomic E-state index is 0. The molecule has 0 aliphatic carbocycles. The lowest BCUT2D eigenvalue weighted by Gasteiger charge is -2.25. The van der Waals surface area contributed by atoms with Crippen molar-refractivity contribution in [1.29, 1.82) is 0 Å². The largest absolute Gasteiger partial charge is 0.491 e. The zero-order valence-electron chi connectivity index (χ0n) is 15.9. The second-order valence-electron chi connectivity index (χ2n) is 6.82. The number of hydrogen-bond acceptors (Lipinski definition) is 4. The monoisotopic (exact) mass is 500 g/mol. The van der Waals surface area contributed by atoms with E-state index in [2.05, 4.69) is 32.7 Å². The SMILES string of the molecule is CC(C)Oc1ccc(NC(N)=NCC(c2cccs2)N2CCCC2)cc1.I. The predicted molar refractivity (Wildman–Crippen MR) is 126 cm³/mol. The molecule has 0 saturated carbocycles. The Hall–Kier alpha value is -1.32. The zero-order chi connectivity index (χ0) is 18.4. The summed E-state index contributed by atoms with van der Waals surface area (Å²) in [6.45, 7) is 6.99. The van der Waals surface area contributed by atoms with Gasteiger partial charge in [0.15, 0.2) is 5.96 Å². The number of nitrogens with two attached hydrogens (primary N) is 1. The first-order valence-electron chi connectivity index (χ1n) is 9.23. The molecule has 0 radical (unpaired) electrons. The van der Waals surface area contributed by atoms with Gasteiger partial charge < -0.3 is 15.8 Å². The summed E-state index contributed by atoms with van der Waals surface area (Å²) in [5, 5.41) is 5.30. The Morgan fingerprint density at radius 1 is 1.22 bits per heavy atom. The van der Waals surface area contributed by atoms with Gasteiger partial charge >= 0.3 is 0 Å². The van der Waals surface area contributed by atoms with Crippen molar-refractivity contribution >= 4 is 47.0 Å². The molecule has 1 atom stereocenters. The van der Waals surface area contributed by atoms with E-state index in [-0.39, 0.29) is 30.1 Å². The summed E-state index contributed by atoms with van der Waals surface area (Å²) in [4.78, 5) is 8.48. The van der Waals surface area contributed by atoms with Gasteiger partial charge in [-0.25, -0.2) is 0 Å². The Morgan fingerprint density at radius 3 is 2.52 bits per heavy atom. The van der Waals surface area contributed by atoms with Gasteiger partial charge in [-0.05, 0) is 75.5 Å². The van der Waals surface area contributed by atoms with Crippen LogP contribution in [0.3, 0.4) is 0 Å². The number of aliphatic imine (C=N–C) groups is 1. The summed E-state index contributed by atoms with van der Waals surface area (Å²) in [7, 11) is 0. The van der Waals surface area contributed by atoms with Gasteiger partial charge in [-0.2, -0.15) is 0 Å². The normalized spacial score (nSPS) is 16.2. The molecule has 0 bridgehead atoms. The van der Waals surface area contributed by atoms with Crippen molar-refractivity contribution in [2.45, 2.75) is 38.8 Å². The van der Waals surface area contributed by atoms with Crippen molar-refractivity contribution in [3.63, 3.8) is 0 Å². The number of nitrogens with zero attached hydrogens (tertiary/aromatic N) is 2. The van der Waals surface area contributed by atoms with Crippen molar-refractivity contribution < 1.29 is 4.74 Å². The number of likely N-dealkylation sites (tertiary alicyclic amines) is 1. The van der Waals surface area contributed by atoms with E-state index in [9.17, 15) is 0 Å². The fourth-order valence-electron chi connectivity index (χ4n) is 3.18. The molecule has 0 amide bonds. The zero-order valence-corrected chi connectivity index (χ0v) is 19.1. The van der Waals surface area contributed by atoms with E-state index in [1.807, 2.05) is 38.1 Å². The lowest BCUT2D eigenvalue weighted by Crippen LogP contribution is -2.29.